The second-order valence-corrected chi connectivity index (χ2v) is 9.39. The Labute approximate surface area is 161 Å². The van der Waals surface area contributed by atoms with Crippen molar-refractivity contribution < 1.29 is 19.0 Å². The molecule has 3 atom stereocenters. The van der Waals surface area contributed by atoms with Gasteiger partial charge in [-0.25, -0.2) is 0 Å². The van der Waals surface area contributed by atoms with Crippen LogP contribution < -0.4 is 14.2 Å². The smallest absolute Gasteiger partial charge is 0.174 e. The molecule has 0 spiro atoms. The molecule has 0 bridgehead atoms. The average Bonchev–Trinajstić information content (AvgIpc) is 2.59. The molecule has 0 N–H and O–H groups in total. The molecule has 0 saturated heterocycles. The van der Waals surface area contributed by atoms with Gasteiger partial charge in [0.05, 0.1) is 25.7 Å². The minimum absolute atomic E-state index is 0.131. The molecule has 4 nitrogen and oxygen atoms in total. The van der Waals surface area contributed by atoms with Crippen molar-refractivity contribution in [2.45, 2.75) is 59.0 Å². The van der Waals surface area contributed by atoms with Gasteiger partial charge >= 0.3 is 0 Å². The summed E-state index contributed by atoms with van der Waals surface area (Å²) in [6.45, 7) is 8.99. The number of hydrogen-bond donors (Lipinski definition) is 0. The van der Waals surface area contributed by atoms with E-state index in [1.807, 2.05) is 0 Å². The number of ketones is 1. The second kappa shape index (κ2) is 5.76. The summed E-state index contributed by atoms with van der Waals surface area (Å²) >= 11 is 0. The Kier molecular flexibility index (Phi) is 3.93. The summed E-state index contributed by atoms with van der Waals surface area (Å²) < 4.78 is 17.4. The maximum absolute atomic E-state index is 13.8. The number of allylic oxidation sites excluding steroid dienone is 1. The van der Waals surface area contributed by atoms with Crippen LogP contribution in [0.25, 0.3) is 0 Å². The third-order valence-corrected chi connectivity index (χ3v) is 7.16. The quantitative estimate of drug-likeness (QED) is 0.671. The van der Waals surface area contributed by atoms with Crippen LogP contribution in [0.5, 0.6) is 17.2 Å². The Balaban J connectivity index is 1.87. The predicted molar refractivity (Wildman–Crippen MR) is 105 cm³/mol. The summed E-state index contributed by atoms with van der Waals surface area (Å²) in [5.41, 5.74) is 1.48. The molecule has 1 aliphatic heterocycles. The van der Waals surface area contributed by atoms with Crippen LogP contribution in [0.3, 0.4) is 0 Å². The van der Waals surface area contributed by atoms with E-state index in [4.69, 9.17) is 14.2 Å². The van der Waals surface area contributed by atoms with Gasteiger partial charge in [0.2, 0.25) is 0 Å². The van der Waals surface area contributed by atoms with Crippen molar-refractivity contribution in [1.29, 1.82) is 0 Å². The van der Waals surface area contributed by atoms with Crippen molar-refractivity contribution in [2.75, 3.05) is 14.2 Å². The molecule has 2 aliphatic carbocycles. The van der Waals surface area contributed by atoms with Gasteiger partial charge < -0.3 is 14.2 Å². The standard InChI is InChI=1S/C23H30O4/c1-21(2)9-7-10-22(3)18(21)8-11-23(4)20(22)19(24)14-12-16(25-5)17(26-6)13-15(14)27-23/h8,12-13,20H,7,9-11H2,1-6H3/t20-,22+,23+/m1/s1. The van der Waals surface area contributed by atoms with Crippen molar-refractivity contribution in [2.24, 2.45) is 16.7 Å². The fourth-order valence-corrected chi connectivity index (χ4v) is 6.06. The molecule has 4 rings (SSSR count). The second-order valence-electron chi connectivity index (χ2n) is 9.39. The number of methoxy groups -OCH3 is 2. The lowest BCUT2D eigenvalue weighted by Crippen LogP contribution is -2.59. The van der Waals surface area contributed by atoms with Crippen LogP contribution in [0, 0.1) is 16.7 Å². The predicted octanol–water partition coefficient (Wildman–Crippen LogP) is 5.20. The first-order valence-electron chi connectivity index (χ1n) is 9.87. The molecule has 0 unspecified atom stereocenters. The van der Waals surface area contributed by atoms with E-state index in [1.54, 1.807) is 26.4 Å². The van der Waals surface area contributed by atoms with Crippen LogP contribution in [-0.2, 0) is 0 Å². The minimum atomic E-state index is -0.532. The third kappa shape index (κ3) is 2.45. The Morgan fingerprint density at radius 1 is 1.04 bits per heavy atom. The number of fused-ring (bicyclic) bond motifs is 4. The summed E-state index contributed by atoms with van der Waals surface area (Å²) in [6.07, 6.45) is 6.45. The highest BCUT2D eigenvalue weighted by Gasteiger charge is 2.60. The number of ether oxygens (including phenoxy) is 3. The summed E-state index contributed by atoms with van der Waals surface area (Å²) in [6, 6.07) is 3.57. The fourth-order valence-electron chi connectivity index (χ4n) is 6.06. The monoisotopic (exact) mass is 370 g/mol. The van der Waals surface area contributed by atoms with Crippen molar-refractivity contribution in [1.82, 2.24) is 0 Å². The number of rotatable bonds is 2. The summed E-state index contributed by atoms with van der Waals surface area (Å²) in [5, 5.41) is 0. The highest BCUT2D eigenvalue weighted by molar-refractivity contribution is 6.03. The van der Waals surface area contributed by atoms with Crippen molar-refractivity contribution in [3.05, 3.63) is 29.3 Å². The maximum atomic E-state index is 13.8. The van der Waals surface area contributed by atoms with E-state index < -0.39 is 5.60 Å². The van der Waals surface area contributed by atoms with Crippen LogP contribution in [-0.4, -0.2) is 25.6 Å². The molecule has 1 heterocycles. The summed E-state index contributed by atoms with van der Waals surface area (Å²) in [7, 11) is 3.19. The van der Waals surface area contributed by atoms with Gasteiger partial charge in [-0.1, -0.05) is 38.8 Å². The van der Waals surface area contributed by atoms with E-state index >= 15 is 0 Å². The first-order chi connectivity index (χ1) is 12.7. The highest BCUT2D eigenvalue weighted by Crippen LogP contribution is 2.62. The van der Waals surface area contributed by atoms with E-state index in [9.17, 15) is 4.79 Å². The molecule has 1 fully saturated rings. The Bertz CT molecular complexity index is 837. The summed E-state index contributed by atoms with van der Waals surface area (Å²) in [4.78, 5) is 13.8. The number of Topliss-reactive ketones (excluding diaryl/α,β-unsaturated/α-hetero) is 1. The van der Waals surface area contributed by atoms with Gasteiger partial charge in [0.25, 0.3) is 0 Å². The topological polar surface area (TPSA) is 44.8 Å². The average molecular weight is 370 g/mol. The summed E-state index contributed by atoms with van der Waals surface area (Å²) in [5.74, 6) is 1.74. The molecular formula is C23H30O4. The number of hydrogen-bond acceptors (Lipinski definition) is 4. The van der Waals surface area contributed by atoms with Gasteiger partial charge in [-0.3, -0.25) is 4.79 Å². The fraction of sp³-hybridized carbons (Fsp3) is 0.609. The zero-order valence-electron chi connectivity index (χ0n) is 17.3. The molecule has 3 aliphatic rings. The normalized spacial score (nSPS) is 33.8. The Morgan fingerprint density at radius 2 is 1.70 bits per heavy atom. The molecule has 1 saturated carbocycles. The van der Waals surface area contributed by atoms with Crippen LogP contribution in [0.15, 0.2) is 23.8 Å². The van der Waals surface area contributed by atoms with E-state index in [0.29, 0.717) is 22.8 Å². The minimum Gasteiger partial charge on any atom is -0.493 e. The lowest BCUT2D eigenvalue weighted by molar-refractivity contribution is -0.0459. The molecule has 0 radical (unpaired) electrons. The SMILES string of the molecule is COc1cc2c(cc1OC)C(=O)[C@@H]1[C@@]3(C)CCCC(C)(C)C3=CC[C@]1(C)O2. The lowest BCUT2D eigenvalue weighted by Gasteiger charge is -2.58. The van der Waals surface area contributed by atoms with Crippen molar-refractivity contribution in [3.8, 4) is 17.2 Å². The molecule has 1 aromatic carbocycles. The van der Waals surface area contributed by atoms with E-state index in [-0.39, 0.29) is 22.5 Å². The molecular weight excluding hydrogens is 340 g/mol. The van der Waals surface area contributed by atoms with E-state index in [0.717, 1.165) is 19.3 Å². The molecule has 146 valence electrons. The maximum Gasteiger partial charge on any atom is 0.174 e. The van der Waals surface area contributed by atoms with Gasteiger partial charge in [0, 0.05) is 17.9 Å². The number of benzene rings is 1. The first kappa shape index (κ1) is 18.4. The zero-order valence-corrected chi connectivity index (χ0v) is 17.3. The molecule has 0 aromatic heterocycles. The van der Waals surface area contributed by atoms with Crippen molar-refractivity contribution in [3.63, 3.8) is 0 Å². The van der Waals surface area contributed by atoms with Crippen LogP contribution in [0.4, 0.5) is 0 Å². The van der Waals surface area contributed by atoms with Gasteiger partial charge in [-0.05, 0) is 31.2 Å². The molecule has 1 aromatic rings. The van der Waals surface area contributed by atoms with Crippen LogP contribution in [0.2, 0.25) is 0 Å². The number of carbonyl (C=O) groups is 1. The molecule has 0 amide bonds. The van der Waals surface area contributed by atoms with Crippen LogP contribution >= 0.6 is 0 Å². The van der Waals surface area contributed by atoms with Crippen molar-refractivity contribution >= 4 is 5.78 Å². The largest absolute Gasteiger partial charge is 0.493 e. The Morgan fingerprint density at radius 3 is 2.37 bits per heavy atom. The Hall–Kier alpha value is -1.97. The van der Waals surface area contributed by atoms with Gasteiger partial charge in [-0.15, -0.1) is 0 Å². The van der Waals surface area contributed by atoms with Crippen LogP contribution in [0.1, 0.15) is 63.7 Å². The highest BCUT2D eigenvalue weighted by atomic mass is 16.5. The zero-order chi connectivity index (χ0) is 19.6. The molecule has 27 heavy (non-hydrogen) atoms. The lowest BCUT2D eigenvalue weighted by atomic mass is 9.48. The van der Waals surface area contributed by atoms with E-state index in [2.05, 4.69) is 33.8 Å². The van der Waals surface area contributed by atoms with Gasteiger partial charge in [-0.2, -0.15) is 0 Å². The first-order valence-corrected chi connectivity index (χ1v) is 9.87. The number of carbonyl (C=O) groups excluding carboxylic acids is 1. The van der Waals surface area contributed by atoms with Gasteiger partial charge in [0.1, 0.15) is 11.4 Å². The molecule has 4 heteroatoms. The van der Waals surface area contributed by atoms with E-state index in [1.165, 1.54) is 12.0 Å². The van der Waals surface area contributed by atoms with Gasteiger partial charge in [0.15, 0.2) is 17.3 Å². The third-order valence-electron chi connectivity index (χ3n) is 7.16.